The Balaban J connectivity index is 0.000000347. The van der Waals surface area contributed by atoms with Crippen LogP contribution in [0.4, 0.5) is 17.3 Å². The maximum Gasteiger partial charge on any atom is 0.673 e. The van der Waals surface area contributed by atoms with Crippen LogP contribution >= 0.6 is 11.9 Å². The van der Waals surface area contributed by atoms with Crippen LogP contribution in [0.3, 0.4) is 0 Å². The molecule has 2 rings (SSSR count). The molecule has 2 saturated heterocycles. The number of hydrazine groups is 2. The summed E-state index contributed by atoms with van der Waals surface area (Å²) >= 11 is 5.35. The zero-order chi connectivity index (χ0) is 15.2. The highest BCUT2D eigenvalue weighted by Crippen LogP contribution is 2.14. The lowest BCUT2D eigenvalue weighted by molar-refractivity contribution is -0.814. The molecule has 0 saturated carbocycles. The maximum atomic E-state index is 9.75. The first-order valence-corrected chi connectivity index (χ1v) is 6.72. The van der Waals surface area contributed by atoms with Crippen LogP contribution < -0.4 is 5.73 Å². The van der Waals surface area contributed by atoms with E-state index in [2.05, 4.69) is 14.3 Å². The molecule has 5 nitrogen and oxygen atoms in total. The average Bonchev–Trinajstić information content (AvgIpc) is 2.99. The van der Waals surface area contributed by atoms with Crippen molar-refractivity contribution in [2.45, 2.75) is 25.7 Å². The summed E-state index contributed by atoms with van der Waals surface area (Å²) in [6.45, 7) is 4.10. The lowest BCUT2D eigenvalue weighted by Gasteiger charge is -2.26. The Labute approximate surface area is 120 Å². The fourth-order valence-corrected chi connectivity index (χ4v) is 2.33. The summed E-state index contributed by atoms with van der Waals surface area (Å²) in [5.74, 6) is 0. The monoisotopic (exact) mass is 320 g/mol. The molecule has 0 atom stereocenters. The van der Waals surface area contributed by atoms with Crippen molar-refractivity contribution in [1.29, 1.82) is 0 Å². The zero-order valence-electron chi connectivity index (χ0n) is 11.0. The third-order valence-electron chi connectivity index (χ3n) is 2.98. The SMILES string of the molecule is F[B-](F)(F)F.NC(OCl)=[N+](N1CCCC1)N1CCCC1. The minimum atomic E-state index is -6.00. The molecule has 11 heteroatoms. The average molecular weight is 321 g/mol. The third-order valence-corrected chi connectivity index (χ3v) is 3.13. The molecule has 2 aliphatic heterocycles. The Morgan fingerprint density at radius 3 is 1.50 bits per heavy atom. The lowest BCUT2D eigenvalue weighted by atomic mass is 10.3. The van der Waals surface area contributed by atoms with E-state index in [1.165, 1.54) is 25.7 Å². The molecule has 0 aromatic heterocycles. The van der Waals surface area contributed by atoms with E-state index >= 15 is 0 Å². The van der Waals surface area contributed by atoms with Gasteiger partial charge in [-0.1, -0.05) is 0 Å². The van der Waals surface area contributed by atoms with Crippen molar-refractivity contribution in [2.75, 3.05) is 26.2 Å². The molecule has 2 heterocycles. The number of hydrazone groups is 2. The molecule has 20 heavy (non-hydrogen) atoms. The van der Waals surface area contributed by atoms with E-state index in [9.17, 15) is 17.3 Å². The number of nitrogens with two attached hydrogens (primary N) is 1. The fraction of sp³-hybridized carbons (Fsp3) is 0.889. The highest BCUT2D eigenvalue weighted by molar-refractivity contribution is 6.50. The topological polar surface area (TPSA) is 44.7 Å². The van der Waals surface area contributed by atoms with Gasteiger partial charge in [0.05, 0.1) is 26.2 Å². The summed E-state index contributed by atoms with van der Waals surface area (Å²) < 4.78 is 43.6. The molecule has 118 valence electrons. The maximum absolute atomic E-state index is 9.75. The van der Waals surface area contributed by atoms with Crippen LogP contribution in [0.5, 0.6) is 0 Å². The third kappa shape index (κ3) is 5.93. The predicted molar refractivity (Wildman–Crippen MR) is 68.2 cm³/mol. The van der Waals surface area contributed by atoms with Gasteiger partial charge in [0.15, 0.2) is 0 Å². The van der Waals surface area contributed by atoms with Gasteiger partial charge in [0.2, 0.25) is 0 Å². The van der Waals surface area contributed by atoms with Crippen LogP contribution in [0.15, 0.2) is 0 Å². The quantitative estimate of drug-likeness (QED) is 0.277. The summed E-state index contributed by atoms with van der Waals surface area (Å²) in [5, 5.41) is 4.39. The molecule has 0 aliphatic carbocycles. The predicted octanol–water partition coefficient (Wildman–Crippen LogP) is 1.81. The van der Waals surface area contributed by atoms with Gasteiger partial charge >= 0.3 is 13.3 Å². The normalized spacial score (nSPS) is 18.6. The van der Waals surface area contributed by atoms with Crippen molar-refractivity contribution in [3.63, 3.8) is 0 Å². The van der Waals surface area contributed by atoms with Crippen molar-refractivity contribution in [1.82, 2.24) is 10.0 Å². The Morgan fingerprint density at radius 2 is 1.25 bits per heavy atom. The number of hydrogen-bond donors (Lipinski definition) is 1. The molecule has 0 spiro atoms. The Morgan fingerprint density at radius 1 is 0.950 bits per heavy atom. The van der Waals surface area contributed by atoms with Crippen molar-refractivity contribution < 1.29 is 26.3 Å². The smallest absolute Gasteiger partial charge is 0.418 e. The minimum absolute atomic E-state index is 0.264. The van der Waals surface area contributed by atoms with Crippen LogP contribution in [-0.4, -0.2) is 54.3 Å². The molecule has 2 aliphatic rings. The molecule has 2 N–H and O–H groups in total. The van der Waals surface area contributed by atoms with E-state index in [1.54, 1.807) is 0 Å². The van der Waals surface area contributed by atoms with E-state index in [1.807, 2.05) is 4.79 Å². The van der Waals surface area contributed by atoms with Crippen LogP contribution in [0.25, 0.3) is 0 Å². The number of amidine groups is 1. The van der Waals surface area contributed by atoms with Crippen molar-refractivity contribution in [3.05, 3.63) is 0 Å². The Hall–Kier alpha value is -1.06. The van der Waals surface area contributed by atoms with Gasteiger partial charge in [0.1, 0.15) is 11.9 Å². The molecule has 0 unspecified atom stereocenters. The number of nitrogens with zero attached hydrogens (tertiary/aromatic N) is 3. The van der Waals surface area contributed by atoms with Gasteiger partial charge in [0, 0.05) is 0 Å². The Bertz CT molecular complexity index is 308. The molecule has 0 bridgehead atoms. The molecular formula is C9H18BClF4N4O. The van der Waals surface area contributed by atoms with Crippen molar-refractivity contribution in [3.8, 4) is 0 Å². The lowest BCUT2D eigenvalue weighted by Crippen LogP contribution is -2.49. The molecule has 2 fully saturated rings. The van der Waals surface area contributed by atoms with E-state index < -0.39 is 7.25 Å². The number of rotatable bonds is 2. The van der Waals surface area contributed by atoms with Gasteiger partial charge in [-0.05, 0) is 30.5 Å². The molecular weight excluding hydrogens is 302 g/mol. The van der Waals surface area contributed by atoms with Gasteiger partial charge < -0.3 is 21.6 Å². The second-order valence-electron chi connectivity index (χ2n) is 4.52. The summed E-state index contributed by atoms with van der Waals surface area (Å²) in [5.41, 5.74) is 5.78. The highest BCUT2D eigenvalue weighted by atomic mass is 35.5. The highest BCUT2D eigenvalue weighted by Gasteiger charge is 2.29. The van der Waals surface area contributed by atoms with Crippen LogP contribution in [-0.2, 0) is 4.29 Å². The van der Waals surface area contributed by atoms with Crippen molar-refractivity contribution >= 4 is 25.1 Å². The molecule has 0 amide bonds. The van der Waals surface area contributed by atoms with E-state index in [0.717, 1.165) is 26.2 Å². The number of halogens is 5. The van der Waals surface area contributed by atoms with E-state index in [4.69, 9.17) is 17.6 Å². The second-order valence-corrected chi connectivity index (χ2v) is 4.68. The minimum Gasteiger partial charge on any atom is -0.418 e. The van der Waals surface area contributed by atoms with E-state index in [0.29, 0.717) is 0 Å². The van der Waals surface area contributed by atoms with Gasteiger partial charge in [-0.3, -0.25) is 0 Å². The van der Waals surface area contributed by atoms with Gasteiger partial charge in [-0.15, -0.1) is 0 Å². The standard InChI is InChI=1S/C9H17ClN4O.BF4/c10-15-9(11)14(12-5-1-2-6-12)13-7-3-4-8-13;2-1(3,4)5/h11H,1-8H2;/q;-1/p+1. The first kappa shape index (κ1) is 17.0. The summed E-state index contributed by atoms with van der Waals surface area (Å²) in [7, 11) is -6.00. The molecule has 0 aromatic rings. The molecule has 0 aromatic carbocycles. The summed E-state index contributed by atoms with van der Waals surface area (Å²) in [6, 6.07) is 0.264. The molecule has 0 radical (unpaired) electrons. The second kappa shape index (κ2) is 7.65. The van der Waals surface area contributed by atoms with Gasteiger partial charge in [-0.25, -0.2) is 15.8 Å². The van der Waals surface area contributed by atoms with Crippen LogP contribution in [0.1, 0.15) is 25.7 Å². The van der Waals surface area contributed by atoms with Crippen molar-refractivity contribution in [2.24, 2.45) is 5.73 Å². The van der Waals surface area contributed by atoms with Gasteiger partial charge in [0.25, 0.3) is 0 Å². The Kier molecular flexibility index (Phi) is 6.51. The zero-order valence-corrected chi connectivity index (χ0v) is 11.7. The summed E-state index contributed by atoms with van der Waals surface area (Å²) in [4.78, 5) is 1.91. The van der Waals surface area contributed by atoms with Crippen LogP contribution in [0, 0.1) is 0 Å². The number of hydrogen-bond acceptors (Lipinski definition) is 3. The van der Waals surface area contributed by atoms with E-state index in [-0.39, 0.29) is 6.02 Å². The van der Waals surface area contributed by atoms with Gasteiger partial charge in [-0.2, -0.15) is 0 Å². The largest absolute Gasteiger partial charge is 0.673 e. The summed E-state index contributed by atoms with van der Waals surface area (Å²) in [6.07, 6.45) is 4.83. The first-order valence-electron chi connectivity index (χ1n) is 6.41. The first-order chi connectivity index (χ1) is 9.33. The van der Waals surface area contributed by atoms with Crippen LogP contribution in [0.2, 0.25) is 0 Å². The fourth-order valence-electron chi connectivity index (χ4n) is 2.27.